The van der Waals surface area contributed by atoms with E-state index in [1.54, 1.807) is 25.4 Å². The van der Waals surface area contributed by atoms with Crippen LogP contribution in [0.3, 0.4) is 0 Å². The average Bonchev–Trinajstić information content (AvgIpc) is 2.70. The molecule has 0 unspecified atom stereocenters. The second-order valence-electron chi connectivity index (χ2n) is 7.13. The molecule has 3 rings (SSSR count). The molecule has 0 saturated carbocycles. The largest absolute Gasteiger partial charge is 0.416 e. The van der Waals surface area contributed by atoms with Crippen LogP contribution in [0.2, 0.25) is 0 Å². The highest BCUT2D eigenvalue weighted by molar-refractivity contribution is 5.80. The molecule has 2 aromatic rings. The van der Waals surface area contributed by atoms with Gasteiger partial charge in [-0.2, -0.15) is 13.2 Å². The molecule has 1 N–H and O–H groups in total. The first kappa shape index (κ1) is 21.1. The highest BCUT2D eigenvalue weighted by atomic mass is 19.4. The molecule has 8 heteroatoms. The lowest BCUT2D eigenvalue weighted by atomic mass is 10.1. The first-order valence-electron chi connectivity index (χ1n) is 9.61. The number of piperazine rings is 1. The van der Waals surface area contributed by atoms with E-state index >= 15 is 0 Å². The monoisotopic (exact) mass is 405 g/mol. The number of pyridine rings is 1. The topological polar surface area (TPSA) is 43.8 Å². The zero-order valence-corrected chi connectivity index (χ0v) is 16.7. The van der Waals surface area contributed by atoms with Gasteiger partial charge in [-0.25, -0.2) is 0 Å². The van der Waals surface area contributed by atoms with Crippen LogP contribution in [0.1, 0.15) is 22.4 Å². The maximum atomic E-state index is 12.7. The molecule has 1 aromatic heterocycles. The molecule has 1 aliphatic rings. The number of hydrogen-bond donors (Lipinski definition) is 1. The third-order valence-electron chi connectivity index (χ3n) is 5.10. The van der Waals surface area contributed by atoms with Crippen molar-refractivity contribution in [3.8, 4) is 0 Å². The van der Waals surface area contributed by atoms with E-state index in [2.05, 4.69) is 25.1 Å². The van der Waals surface area contributed by atoms with Crippen LogP contribution in [0.5, 0.6) is 0 Å². The number of aryl methyl sites for hydroxylation is 1. The van der Waals surface area contributed by atoms with Crippen LogP contribution >= 0.6 is 0 Å². The van der Waals surface area contributed by atoms with Gasteiger partial charge in [0.2, 0.25) is 0 Å². The van der Waals surface area contributed by atoms with Crippen LogP contribution in [-0.2, 0) is 19.3 Å². The summed E-state index contributed by atoms with van der Waals surface area (Å²) in [5.74, 6) is 0.837. The van der Waals surface area contributed by atoms with E-state index in [1.165, 1.54) is 0 Å². The summed E-state index contributed by atoms with van der Waals surface area (Å²) >= 11 is 0. The Hall–Kier alpha value is -2.61. The first-order valence-corrected chi connectivity index (χ1v) is 9.61. The molecule has 0 aliphatic carbocycles. The minimum atomic E-state index is -4.29. The molecule has 0 bridgehead atoms. The van der Waals surface area contributed by atoms with Gasteiger partial charge in [0.05, 0.1) is 17.8 Å². The third kappa shape index (κ3) is 5.69. The minimum Gasteiger partial charge on any atom is -0.351 e. The van der Waals surface area contributed by atoms with Crippen LogP contribution in [0.15, 0.2) is 47.6 Å². The number of benzene rings is 1. The van der Waals surface area contributed by atoms with Crippen LogP contribution in [0.4, 0.5) is 13.2 Å². The van der Waals surface area contributed by atoms with Crippen molar-refractivity contribution in [1.82, 2.24) is 20.1 Å². The zero-order valence-electron chi connectivity index (χ0n) is 16.7. The fraction of sp³-hybridized carbons (Fsp3) is 0.429. The summed E-state index contributed by atoms with van der Waals surface area (Å²) in [6.07, 6.45) is -2.51. The fourth-order valence-corrected chi connectivity index (χ4v) is 3.37. The SMILES string of the molecule is CN=C(NCc1ncccc1C)N1CCN(Cc2ccc(C(F)(F)F)cc2)CC1. The van der Waals surface area contributed by atoms with Gasteiger partial charge >= 0.3 is 6.18 Å². The van der Waals surface area contributed by atoms with Gasteiger partial charge in [-0.3, -0.25) is 14.9 Å². The number of aliphatic imine (C=N–C) groups is 1. The second kappa shape index (κ2) is 9.26. The molecular formula is C21H26F3N5. The second-order valence-corrected chi connectivity index (χ2v) is 7.13. The van der Waals surface area contributed by atoms with Crippen molar-refractivity contribution in [2.45, 2.75) is 26.2 Å². The van der Waals surface area contributed by atoms with Gasteiger partial charge < -0.3 is 10.2 Å². The Labute approximate surface area is 169 Å². The minimum absolute atomic E-state index is 0.607. The number of hydrogen-bond acceptors (Lipinski definition) is 3. The summed E-state index contributed by atoms with van der Waals surface area (Å²) in [6.45, 7) is 6.56. The highest BCUT2D eigenvalue weighted by Gasteiger charge is 2.30. The first-order chi connectivity index (χ1) is 13.9. The molecule has 1 aromatic carbocycles. The molecule has 156 valence electrons. The van der Waals surface area contributed by atoms with E-state index < -0.39 is 11.7 Å². The molecule has 2 heterocycles. The van der Waals surface area contributed by atoms with Gasteiger partial charge in [-0.15, -0.1) is 0 Å². The quantitative estimate of drug-likeness (QED) is 0.626. The fourth-order valence-electron chi connectivity index (χ4n) is 3.37. The van der Waals surface area contributed by atoms with Crippen LogP contribution in [-0.4, -0.2) is 54.0 Å². The van der Waals surface area contributed by atoms with Gasteiger partial charge in [-0.05, 0) is 36.2 Å². The Morgan fingerprint density at radius 2 is 1.79 bits per heavy atom. The summed E-state index contributed by atoms with van der Waals surface area (Å²) in [5.41, 5.74) is 2.41. The van der Waals surface area contributed by atoms with E-state index in [4.69, 9.17) is 0 Å². The summed E-state index contributed by atoms with van der Waals surface area (Å²) in [6, 6.07) is 9.37. The van der Waals surface area contributed by atoms with Gasteiger partial charge in [0.1, 0.15) is 0 Å². The predicted octanol–water partition coefficient (Wildman–Crippen LogP) is 3.30. The standard InChI is InChI=1S/C21H26F3N5/c1-16-4-3-9-26-19(16)14-27-20(25-2)29-12-10-28(11-13-29)15-17-5-7-18(8-6-17)21(22,23)24/h3-9H,10-15H2,1-2H3,(H,25,27). The van der Waals surface area contributed by atoms with E-state index in [0.717, 1.165) is 61.1 Å². The Balaban J connectivity index is 1.49. The van der Waals surface area contributed by atoms with E-state index in [9.17, 15) is 13.2 Å². The summed E-state index contributed by atoms with van der Waals surface area (Å²) < 4.78 is 38.1. The maximum Gasteiger partial charge on any atom is 0.416 e. The maximum absolute atomic E-state index is 12.7. The molecule has 1 aliphatic heterocycles. The summed E-state index contributed by atoms with van der Waals surface area (Å²) in [7, 11) is 1.77. The number of alkyl halides is 3. The van der Waals surface area contributed by atoms with Gasteiger partial charge in [0, 0.05) is 46.0 Å². The smallest absolute Gasteiger partial charge is 0.351 e. The zero-order chi connectivity index (χ0) is 20.9. The van der Waals surface area contributed by atoms with Crippen LogP contribution in [0, 0.1) is 6.92 Å². The Bertz CT molecular complexity index is 825. The molecule has 0 amide bonds. The molecule has 29 heavy (non-hydrogen) atoms. The van der Waals surface area contributed by atoms with Gasteiger partial charge in [0.25, 0.3) is 0 Å². The van der Waals surface area contributed by atoms with Crippen molar-refractivity contribution >= 4 is 5.96 Å². The van der Waals surface area contributed by atoms with Crippen molar-refractivity contribution in [1.29, 1.82) is 0 Å². The number of aromatic nitrogens is 1. The lowest BCUT2D eigenvalue weighted by Crippen LogP contribution is -2.52. The number of nitrogens with zero attached hydrogens (tertiary/aromatic N) is 4. The van der Waals surface area contributed by atoms with Crippen LogP contribution < -0.4 is 5.32 Å². The molecule has 0 radical (unpaired) electrons. The molecular weight excluding hydrogens is 379 g/mol. The lowest BCUT2D eigenvalue weighted by Gasteiger charge is -2.36. The molecule has 5 nitrogen and oxygen atoms in total. The number of rotatable bonds is 4. The van der Waals surface area contributed by atoms with Crippen LogP contribution in [0.25, 0.3) is 0 Å². The molecule has 1 fully saturated rings. The predicted molar refractivity (Wildman–Crippen MR) is 107 cm³/mol. The highest BCUT2D eigenvalue weighted by Crippen LogP contribution is 2.29. The van der Waals surface area contributed by atoms with E-state index in [1.807, 2.05) is 19.1 Å². The molecule has 1 saturated heterocycles. The van der Waals surface area contributed by atoms with Crippen molar-refractivity contribution < 1.29 is 13.2 Å². The normalized spacial score (nSPS) is 16.2. The Morgan fingerprint density at radius 1 is 1.10 bits per heavy atom. The molecule has 0 atom stereocenters. The summed E-state index contributed by atoms with van der Waals surface area (Å²) in [4.78, 5) is 13.2. The van der Waals surface area contributed by atoms with Gasteiger partial charge in [0.15, 0.2) is 5.96 Å². The van der Waals surface area contributed by atoms with Crippen molar-refractivity contribution in [2.75, 3.05) is 33.2 Å². The molecule has 0 spiro atoms. The lowest BCUT2D eigenvalue weighted by molar-refractivity contribution is -0.137. The summed E-state index contributed by atoms with van der Waals surface area (Å²) in [5, 5.41) is 3.37. The number of guanidine groups is 1. The Kier molecular flexibility index (Phi) is 6.74. The van der Waals surface area contributed by atoms with Gasteiger partial charge in [-0.1, -0.05) is 18.2 Å². The third-order valence-corrected chi connectivity index (χ3v) is 5.10. The van der Waals surface area contributed by atoms with E-state index in [-0.39, 0.29) is 0 Å². The Morgan fingerprint density at radius 3 is 2.38 bits per heavy atom. The van der Waals surface area contributed by atoms with E-state index in [0.29, 0.717) is 13.1 Å². The number of nitrogens with one attached hydrogen (secondary N) is 1. The van der Waals surface area contributed by atoms with Crippen molar-refractivity contribution in [2.24, 2.45) is 4.99 Å². The number of halogens is 3. The van der Waals surface area contributed by atoms with Crippen molar-refractivity contribution in [3.05, 3.63) is 65.0 Å². The average molecular weight is 405 g/mol. The van der Waals surface area contributed by atoms with Crippen molar-refractivity contribution in [3.63, 3.8) is 0 Å².